The van der Waals surface area contributed by atoms with E-state index in [2.05, 4.69) is 255 Å². The highest BCUT2D eigenvalue weighted by atomic mass is 32.1. The predicted molar refractivity (Wildman–Crippen MR) is 352 cm³/mol. The summed E-state index contributed by atoms with van der Waals surface area (Å²) >= 11 is 3.75. The zero-order chi connectivity index (χ0) is 54.3. The average molecular weight is 1120 g/mol. The first-order valence-corrected chi connectivity index (χ1v) is 33.4. The lowest BCUT2D eigenvalue weighted by Gasteiger charge is -2.46. The highest BCUT2D eigenvalue weighted by molar-refractivity contribution is 7.27. The van der Waals surface area contributed by atoms with Crippen LogP contribution >= 0.6 is 22.7 Å². The minimum Gasteiger partial charge on any atom is -0.309 e. The van der Waals surface area contributed by atoms with E-state index in [9.17, 15) is 0 Å². The van der Waals surface area contributed by atoms with E-state index in [1.54, 1.807) is 0 Å². The van der Waals surface area contributed by atoms with Crippen LogP contribution in [-0.4, -0.2) is 36.1 Å². The van der Waals surface area contributed by atoms with Crippen molar-refractivity contribution in [1.82, 2.24) is 19.9 Å². The first-order chi connectivity index (χ1) is 40.5. The summed E-state index contributed by atoms with van der Waals surface area (Å²) in [6.07, 6.45) is 16.1. The van der Waals surface area contributed by atoms with Crippen molar-refractivity contribution in [3.05, 3.63) is 267 Å². The number of fused-ring (bicyclic) bond motifs is 12. The quantitative estimate of drug-likeness (QED) is 0.122. The molecule has 0 aliphatic carbocycles. The summed E-state index contributed by atoms with van der Waals surface area (Å²) in [6.45, 7) is 4.49. The van der Waals surface area contributed by atoms with Gasteiger partial charge in [-0.15, -0.1) is 22.7 Å². The molecule has 6 aromatic heterocycles. The largest absolute Gasteiger partial charge is 0.309 e. The Bertz CT molecular complexity index is 4710. The number of para-hydroxylation sites is 2. The van der Waals surface area contributed by atoms with Gasteiger partial charge >= 0.3 is 0 Å². The number of thiophene rings is 2. The maximum absolute atomic E-state index is 4.91. The number of rotatable bonds is 6. The van der Waals surface area contributed by atoms with E-state index in [1.165, 1.54) is 126 Å². The zero-order valence-corrected chi connectivity index (χ0v) is 48.4. The third kappa shape index (κ3) is 6.54. The summed E-state index contributed by atoms with van der Waals surface area (Å²) < 4.78 is 5.07. The summed E-state index contributed by atoms with van der Waals surface area (Å²) in [5.41, 5.74) is 9.39. The van der Waals surface area contributed by atoms with Crippen LogP contribution < -0.4 is 51.3 Å². The van der Waals surface area contributed by atoms with Crippen LogP contribution in [-0.2, 0) is 0 Å². The summed E-state index contributed by atoms with van der Waals surface area (Å²) in [4.78, 5) is 24.9. The van der Waals surface area contributed by atoms with E-state index in [1.807, 2.05) is 47.5 Å². The van der Waals surface area contributed by atoms with E-state index >= 15 is 0 Å². The molecule has 17 rings (SSSR count). The summed E-state index contributed by atoms with van der Waals surface area (Å²) in [5.74, 6) is 0. The van der Waals surface area contributed by atoms with Crippen molar-refractivity contribution in [2.45, 2.75) is 13.8 Å². The summed E-state index contributed by atoms with van der Waals surface area (Å²) in [6, 6.07) is 78.5. The Hall–Kier alpha value is -9.43. The van der Waals surface area contributed by atoms with Crippen molar-refractivity contribution in [3.63, 3.8) is 0 Å². The third-order valence-corrected chi connectivity index (χ3v) is 29.4. The smallest absolute Gasteiger partial charge is 0.187 e. The fraction of sp³-hybridized carbons (Fsp3) is 0.0278. The Morgan fingerprint density at radius 1 is 0.293 bits per heavy atom. The molecule has 9 aromatic carbocycles. The number of benzene rings is 9. The van der Waals surface area contributed by atoms with E-state index in [4.69, 9.17) is 19.9 Å². The van der Waals surface area contributed by atoms with Gasteiger partial charge in [-0.05, 0) is 128 Å². The Morgan fingerprint density at radius 2 is 0.671 bits per heavy atom. The second kappa shape index (κ2) is 18.0. The van der Waals surface area contributed by atoms with Crippen molar-refractivity contribution >= 4 is 176 Å². The van der Waals surface area contributed by atoms with Crippen LogP contribution in [0.15, 0.2) is 256 Å². The van der Waals surface area contributed by atoms with E-state index in [0.717, 1.165) is 22.7 Å². The molecule has 0 bridgehead atoms. The zero-order valence-electron chi connectivity index (χ0n) is 44.7. The SMILES string of the molecule is Cc1ccc2c(N3c4ccccc4[Si](c4cccnc4)(c4cccnc4)c4cc5c(cc43)sc3ccccc35)c3cc(C)ccc3c(N3c4ccccc4[Si](c4cccnc4)(c4cccnc4)c4cc5c(cc43)sc3ccccc35)c2c1. The first kappa shape index (κ1) is 47.4. The van der Waals surface area contributed by atoms with Gasteiger partial charge in [0.05, 0.1) is 11.4 Å². The van der Waals surface area contributed by atoms with Crippen LogP contribution in [0, 0.1) is 13.8 Å². The molecule has 386 valence electrons. The lowest BCUT2D eigenvalue weighted by atomic mass is 9.93. The minimum atomic E-state index is -3.18. The lowest BCUT2D eigenvalue weighted by Crippen LogP contribution is -2.77. The van der Waals surface area contributed by atoms with Crippen molar-refractivity contribution in [2.75, 3.05) is 9.80 Å². The number of hydrogen-bond acceptors (Lipinski definition) is 8. The van der Waals surface area contributed by atoms with Gasteiger partial charge in [-0.2, -0.15) is 0 Å². The molecular formula is C72H48N6S2Si2. The number of aromatic nitrogens is 4. The number of nitrogens with zero attached hydrogens (tertiary/aromatic N) is 6. The van der Waals surface area contributed by atoms with Crippen LogP contribution in [0.25, 0.3) is 61.9 Å². The first-order valence-electron chi connectivity index (χ1n) is 27.8. The molecule has 2 aliphatic rings. The van der Waals surface area contributed by atoms with Crippen LogP contribution in [0.4, 0.5) is 34.1 Å². The molecule has 0 fully saturated rings. The molecule has 82 heavy (non-hydrogen) atoms. The molecule has 0 atom stereocenters. The van der Waals surface area contributed by atoms with Crippen molar-refractivity contribution in [1.29, 1.82) is 0 Å². The molecule has 2 aliphatic heterocycles. The van der Waals surface area contributed by atoms with Crippen LogP contribution in [0.1, 0.15) is 11.1 Å². The Morgan fingerprint density at radius 3 is 1.06 bits per heavy atom. The Kier molecular flexibility index (Phi) is 10.4. The molecule has 0 amide bonds. The second-order valence-corrected chi connectivity index (χ2v) is 31.5. The summed E-state index contributed by atoms with van der Waals surface area (Å²) in [5, 5.41) is 19.9. The van der Waals surface area contributed by atoms with Crippen molar-refractivity contribution in [2.24, 2.45) is 0 Å². The van der Waals surface area contributed by atoms with Crippen LogP contribution in [0.5, 0.6) is 0 Å². The lowest BCUT2D eigenvalue weighted by molar-refractivity contribution is 1.29. The maximum Gasteiger partial charge on any atom is 0.187 e. The molecule has 0 spiro atoms. The molecule has 15 aromatic rings. The van der Waals surface area contributed by atoms with Gasteiger partial charge < -0.3 is 9.80 Å². The maximum atomic E-state index is 4.91. The summed E-state index contributed by atoms with van der Waals surface area (Å²) in [7, 11) is -6.36. The van der Waals surface area contributed by atoms with Crippen LogP contribution in [0.3, 0.4) is 0 Å². The molecule has 0 radical (unpaired) electrons. The van der Waals surface area contributed by atoms with Gasteiger partial charge in [-0.3, -0.25) is 19.9 Å². The second-order valence-electron chi connectivity index (χ2n) is 21.9. The molecule has 0 saturated carbocycles. The molecular weight excluding hydrogens is 1070 g/mol. The topological polar surface area (TPSA) is 58.0 Å². The van der Waals surface area contributed by atoms with Gasteiger partial charge in [0.1, 0.15) is 0 Å². The monoisotopic (exact) mass is 1120 g/mol. The highest BCUT2D eigenvalue weighted by Gasteiger charge is 2.52. The van der Waals surface area contributed by atoms with Crippen molar-refractivity contribution < 1.29 is 0 Å². The third-order valence-electron chi connectivity index (χ3n) is 17.6. The molecule has 10 heteroatoms. The Labute approximate surface area is 483 Å². The molecule has 6 nitrogen and oxygen atoms in total. The molecule has 8 heterocycles. The van der Waals surface area contributed by atoms with Crippen molar-refractivity contribution in [3.8, 4) is 0 Å². The number of pyridine rings is 4. The van der Waals surface area contributed by atoms with E-state index < -0.39 is 16.1 Å². The van der Waals surface area contributed by atoms with E-state index in [0.29, 0.717) is 0 Å². The van der Waals surface area contributed by atoms with Gasteiger partial charge in [-0.25, -0.2) is 0 Å². The Balaban J connectivity index is 1.03. The predicted octanol–water partition coefficient (Wildman–Crippen LogP) is 13.2. The molecule has 0 saturated heterocycles. The van der Waals surface area contributed by atoms with Gasteiger partial charge in [-0.1, -0.05) is 145 Å². The normalized spacial score (nSPS) is 14.1. The molecule has 0 unspecified atom stereocenters. The van der Waals surface area contributed by atoms with Gasteiger partial charge in [0.25, 0.3) is 0 Å². The number of aryl methyl sites for hydroxylation is 2. The number of hydrogen-bond donors (Lipinski definition) is 0. The number of anilines is 6. The minimum absolute atomic E-state index is 1.16. The fourth-order valence-corrected chi connectivity index (χ4v) is 26.4. The average Bonchev–Trinajstić information content (AvgIpc) is 1.66. The van der Waals surface area contributed by atoms with Gasteiger partial charge in [0.2, 0.25) is 0 Å². The fourth-order valence-electron chi connectivity index (χ4n) is 14.3. The highest BCUT2D eigenvalue weighted by Crippen LogP contribution is 2.54. The molecule has 0 N–H and O–H groups in total. The standard InChI is InChI=1S/C72H48N6S2Si2/c1-45-27-29-53-57(35-45)71(77-59-21-5-9-25-67(59)81(47-15-11-31-73-41-47,48-16-12-32-74-42-48)69-37-55-51-19-3-7-23-63(51)79-65(55)39-61(69)77)54-30-28-46(2)36-58(54)72(53)78-60-22-6-10-26-68(60)82(49-17-13-33-75-43-49,50-18-14-34-76-44-50)70-38-56-52-20-4-8-24-64(52)80-66(56)40-62(70)78/h3-44H,1-2H3. The van der Waals surface area contributed by atoms with Crippen LogP contribution in [0.2, 0.25) is 0 Å². The van der Waals surface area contributed by atoms with Gasteiger partial charge in [0, 0.05) is 134 Å². The van der Waals surface area contributed by atoms with Gasteiger partial charge in [0.15, 0.2) is 16.1 Å². The van der Waals surface area contributed by atoms with E-state index in [-0.39, 0.29) is 0 Å².